The molecule has 0 radical (unpaired) electrons. The zero-order valence-electron chi connectivity index (χ0n) is 16.5. The number of halogens is 2. The SMILES string of the molecule is Cc1cc(OCC(=O)NCC[C@H](O)CNC(=O)COc2ccc(F)cc2)ccc1F. The predicted octanol–water partition coefficient (Wildman–Crippen LogP) is 1.71. The highest BCUT2D eigenvalue weighted by Gasteiger charge is 2.10. The maximum atomic E-state index is 13.2. The van der Waals surface area contributed by atoms with Crippen molar-refractivity contribution in [3.8, 4) is 11.5 Å². The Hall–Kier alpha value is -3.20. The zero-order chi connectivity index (χ0) is 21.9. The summed E-state index contributed by atoms with van der Waals surface area (Å²) in [5, 5.41) is 15.0. The van der Waals surface area contributed by atoms with Crippen LogP contribution in [0.4, 0.5) is 8.78 Å². The minimum Gasteiger partial charge on any atom is -0.484 e. The van der Waals surface area contributed by atoms with Gasteiger partial charge in [-0.2, -0.15) is 0 Å². The molecule has 7 nitrogen and oxygen atoms in total. The van der Waals surface area contributed by atoms with Crippen molar-refractivity contribution in [3.63, 3.8) is 0 Å². The lowest BCUT2D eigenvalue weighted by Gasteiger charge is -2.13. The fourth-order valence-electron chi connectivity index (χ4n) is 2.35. The average molecular weight is 422 g/mol. The smallest absolute Gasteiger partial charge is 0.258 e. The molecule has 0 saturated carbocycles. The van der Waals surface area contributed by atoms with Crippen molar-refractivity contribution in [2.24, 2.45) is 0 Å². The van der Waals surface area contributed by atoms with E-state index < -0.39 is 17.8 Å². The molecule has 0 heterocycles. The van der Waals surface area contributed by atoms with Crippen LogP contribution in [0.15, 0.2) is 42.5 Å². The summed E-state index contributed by atoms with van der Waals surface area (Å²) >= 11 is 0. The minimum atomic E-state index is -0.860. The first-order valence-electron chi connectivity index (χ1n) is 9.32. The Kier molecular flexibility index (Phi) is 9.02. The number of carbonyl (C=O) groups is 2. The third-order valence-electron chi connectivity index (χ3n) is 4.02. The van der Waals surface area contributed by atoms with Crippen LogP contribution in [0.25, 0.3) is 0 Å². The zero-order valence-corrected chi connectivity index (χ0v) is 16.5. The molecule has 0 bridgehead atoms. The standard InChI is InChI=1S/C21H24F2N2O5/c1-14-10-18(6-7-19(14)23)30-12-20(27)24-9-8-16(26)11-25-21(28)13-29-17-4-2-15(22)3-5-17/h2-7,10,16,26H,8-9,11-13H2,1H3,(H,24,27)(H,25,28)/t16-/m0/s1. The van der Waals surface area contributed by atoms with E-state index in [0.29, 0.717) is 17.1 Å². The Morgan fingerprint density at radius 3 is 2.23 bits per heavy atom. The lowest BCUT2D eigenvalue weighted by molar-refractivity contribution is -0.124. The summed E-state index contributed by atoms with van der Waals surface area (Å²) in [6.07, 6.45) is -0.638. The molecular formula is C21H24F2N2O5. The number of nitrogens with one attached hydrogen (secondary N) is 2. The van der Waals surface area contributed by atoms with Crippen LogP contribution in [0, 0.1) is 18.6 Å². The van der Waals surface area contributed by atoms with Gasteiger partial charge in [0.15, 0.2) is 13.2 Å². The van der Waals surface area contributed by atoms with Gasteiger partial charge in [-0.15, -0.1) is 0 Å². The summed E-state index contributed by atoms with van der Waals surface area (Å²) in [5.41, 5.74) is 0.418. The number of hydrogen-bond acceptors (Lipinski definition) is 5. The maximum Gasteiger partial charge on any atom is 0.258 e. The minimum absolute atomic E-state index is 0.00711. The number of aliphatic hydroxyl groups excluding tert-OH is 1. The van der Waals surface area contributed by atoms with Crippen LogP contribution in [0.3, 0.4) is 0 Å². The molecule has 0 aromatic heterocycles. The Morgan fingerprint density at radius 1 is 0.967 bits per heavy atom. The molecule has 1 atom stereocenters. The van der Waals surface area contributed by atoms with Gasteiger partial charge in [0.2, 0.25) is 0 Å². The van der Waals surface area contributed by atoms with Crippen molar-refractivity contribution in [1.82, 2.24) is 10.6 Å². The van der Waals surface area contributed by atoms with E-state index in [1.165, 1.54) is 42.5 Å². The van der Waals surface area contributed by atoms with Crippen molar-refractivity contribution >= 4 is 11.8 Å². The molecule has 0 aliphatic rings. The molecule has 9 heteroatoms. The van der Waals surface area contributed by atoms with Crippen LogP contribution in [0.2, 0.25) is 0 Å². The predicted molar refractivity (Wildman–Crippen MR) is 105 cm³/mol. The molecule has 0 spiro atoms. The number of aliphatic hydroxyl groups is 1. The second kappa shape index (κ2) is 11.7. The topological polar surface area (TPSA) is 96.9 Å². The normalized spacial score (nSPS) is 11.5. The number of benzene rings is 2. The van der Waals surface area contributed by atoms with E-state index in [1.807, 2.05) is 0 Å². The van der Waals surface area contributed by atoms with E-state index >= 15 is 0 Å². The van der Waals surface area contributed by atoms with Gasteiger partial charge in [-0.05, 0) is 61.4 Å². The Balaban J connectivity index is 1.55. The fraction of sp³-hybridized carbons (Fsp3) is 0.333. The number of hydrogen-bond donors (Lipinski definition) is 3. The van der Waals surface area contributed by atoms with Gasteiger partial charge in [0.25, 0.3) is 11.8 Å². The highest BCUT2D eigenvalue weighted by atomic mass is 19.1. The van der Waals surface area contributed by atoms with E-state index in [4.69, 9.17) is 9.47 Å². The molecule has 30 heavy (non-hydrogen) atoms. The van der Waals surface area contributed by atoms with Crippen molar-refractivity contribution in [1.29, 1.82) is 0 Å². The molecule has 2 aromatic carbocycles. The third kappa shape index (κ3) is 8.44. The van der Waals surface area contributed by atoms with E-state index in [1.54, 1.807) is 6.92 Å². The van der Waals surface area contributed by atoms with E-state index in [9.17, 15) is 23.5 Å². The van der Waals surface area contributed by atoms with Crippen LogP contribution >= 0.6 is 0 Å². The average Bonchev–Trinajstić information content (AvgIpc) is 2.72. The number of amides is 2. The summed E-state index contributed by atoms with van der Waals surface area (Å²) in [4.78, 5) is 23.5. The van der Waals surface area contributed by atoms with E-state index in [2.05, 4.69) is 10.6 Å². The quantitative estimate of drug-likeness (QED) is 0.512. The van der Waals surface area contributed by atoms with Crippen molar-refractivity contribution in [2.75, 3.05) is 26.3 Å². The monoisotopic (exact) mass is 422 g/mol. The highest BCUT2D eigenvalue weighted by Crippen LogP contribution is 2.15. The van der Waals surface area contributed by atoms with Crippen LogP contribution in [0.5, 0.6) is 11.5 Å². The van der Waals surface area contributed by atoms with Gasteiger partial charge in [-0.1, -0.05) is 0 Å². The van der Waals surface area contributed by atoms with Crippen LogP contribution in [-0.2, 0) is 9.59 Å². The molecule has 0 unspecified atom stereocenters. The highest BCUT2D eigenvalue weighted by molar-refractivity contribution is 5.78. The first kappa shape index (κ1) is 23.1. The lowest BCUT2D eigenvalue weighted by atomic mass is 10.2. The van der Waals surface area contributed by atoms with Crippen molar-refractivity contribution in [3.05, 3.63) is 59.7 Å². The number of carbonyl (C=O) groups excluding carboxylic acids is 2. The van der Waals surface area contributed by atoms with Crippen LogP contribution in [0.1, 0.15) is 12.0 Å². The lowest BCUT2D eigenvalue weighted by Crippen LogP contribution is -2.37. The third-order valence-corrected chi connectivity index (χ3v) is 4.02. The number of aryl methyl sites for hydroxylation is 1. The van der Waals surface area contributed by atoms with Crippen molar-refractivity contribution in [2.45, 2.75) is 19.4 Å². The molecule has 2 rings (SSSR count). The first-order chi connectivity index (χ1) is 14.3. The molecule has 0 fully saturated rings. The first-order valence-corrected chi connectivity index (χ1v) is 9.32. The van der Waals surface area contributed by atoms with Crippen LogP contribution in [-0.4, -0.2) is 49.3 Å². The molecule has 162 valence electrons. The van der Waals surface area contributed by atoms with Gasteiger partial charge in [0.1, 0.15) is 23.1 Å². The molecule has 0 aliphatic heterocycles. The van der Waals surface area contributed by atoms with Crippen LogP contribution < -0.4 is 20.1 Å². The largest absolute Gasteiger partial charge is 0.484 e. The molecule has 0 saturated heterocycles. The van der Waals surface area contributed by atoms with Gasteiger partial charge in [0.05, 0.1) is 6.10 Å². The summed E-state index contributed by atoms with van der Waals surface area (Å²) in [6.45, 7) is 1.27. The summed E-state index contributed by atoms with van der Waals surface area (Å²) in [7, 11) is 0. The molecule has 2 amide bonds. The summed E-state index contributed by atoms with van der Waals surface area (Å²) in [6, 6.07) is 9.44. The summed E-state index contributed by atoms with van der Waals surface area (Å²) < 4.78 is 36.4. The second-order valence-corrected chi connectivity index (χ2v) is 6.54. The molecular weight excluding hydrogens is 398 g/mol. The molecule has 3 N–H and O–H groups in total. The Labute approximate surface area is 173 Å². The Bertz CT molecular complexity index is 846. The van der Waals surface area contributed by atoms with Gasteiger partial charge >= 0.3 is 0 Å². The maximum absolute atomic E-state index is 13.2. The van der Waals surface area contributed by atoms with Gasteiger partial charge in [-0.25, -0.2) is 8.78 Å². The van der Waals surface area contributed by atoms with E-state index in [0.717, 1.165) is 0 Å². The molecule has 0 aliphatic carbocycles. The fourth-order valence-corrected chi connectivity index (χ4v) is 2.35. The van der Waals surface area contributed by atoms with Gasteiger partial charge < -0.3 is 25.2 Å². The van der Waals surface area contributed by atoms with Gasteiger partial charge in [0, 0.05) is 13.1 Å². The number of rotatable bonds is 11. The number of ether oxygens (including phenoxy) is 2. The van der Waals surface area contributed by atoms with E-state index in [-0.39, 0.29) is 44.4 Å². The van der Waals surface area contributed by atoms with Gasteiger partial charge in [-0.3, -0.25) is 9.59 Å². The molecule has 2 aromatic rings. The Morgan fingerprint density at radius 2 is 1.57 bits per heavy atom. The second-order valence-electron chi connectivity index (χ2n) is 6.54. The van der Waals surface area contributed by atoms with Crippen molar-refractivity contribution < 1.29 is 33.0 Å². The summed E-state index contributed by atoms with van der Waals surface area (Å²) in [5.74, 6) is -0.845.